The van der Waals surface area contributed by atoms with Gasteiger partial charge in [-0.2, -0.15) is 0 Å². The van der Waals surface area contributed by atoms with Gasteiger partial charge in [0.2, 0.25) is 0 Å². The van der Waals surface area contributed by atoms with Crippen LogP contribution in [0.15, 0.2) is 11.6 Å². The van der Waals surface area contributed by atoms with Gasteiger partial charge in [0.15, 0.2) is 0 Å². The zero-order valence-corrected chi connectivity index (χ0v) is 22.9. The van der Waals surface area contributed by atoms with Crippen molar-refractivity contribution in [2.45, 2.75) is 111 Å². The third-order valence-corrected chi connectivity index (χ3v) is 13.3. The van der Waals surface area contributed by atoms with E-state index in [9.17, 15) is 30.0 Å². The van der Waals surface area contributed by atoms with E-state index in [2.05, 4.69) is 26.8 Å². The van der Waals surface area contributed by atoms with Gasteiger partial charge in [0, 0.05) is 11.8 Å². The number of carboxylic acid groups (broad SMARTS) is 1. The fourth-order valence-corrected chi connectivity index (χ4v) is 10.9. The molecule has 202 valence electrons. The van der Waals surface area contributed by atoms with Crippen LogP contribution in [0.4, 0.5) is 0 Å². The number of hydrogen-bond donors (Lipinski definition) is 4. The van der Waals surface area contributed by atoms with Crippen LogP contribution in [0.3, 0.4) is 0 Å². The first-order valence-corrected chi connectivity index (χ1v) is 14.0. The smallest absolute Gasteiger partial charge is 0.310 e. The summed E-state index contributed by atoms with van der Waals surface area (Å²) >= 11 is 0. The molecule has 0 heterocycles. The minimum atomic E-state index is -1.13. The van der Waals surface area contributed by atoms with Crippen molar-refractivity contribution in [3.8, 4) is 0 Å². The van der Waals surface area contributed by atoms with Gasteiger partial charge in [-0.15, -0.1) is 0 Å². The van der Waals surface area contributed by atoms with Crippen LogP contribution in [0.25, 0.3) is 0 Å². The molecule has 0 saturated heterocycles. The number of carboxylic acids is 1. The summed E-state index contributed by atoms with van der Waals surface area (Å²) in [5, 5.41) is 45.0. The lowest BCUT2D eigenvalue weighted by atomic mass is 9.32. The molecule has 12 atom stereocenters. The number of allylic oxidation sites excluding steroid dienone is 1. The quantitative estimate of drug-likeness (QED) is 0.330. The Morgan fingerprint density at radius 1 is 1.03 bits per heavy atom. The van der Waals surface area contributed by atoms with Crippen molar-refractivity contribution in [3.63, 3.8) is 0 Å². The lowest BCUT2D eigenvalue weighted by Crippen LogP contribution is -2.70. The molecule has 0 unspecified atom stereocenters. The lowest BCUT2D eigenvalue weighted by Gasteiger charge is -2.72. The Kier molecular flexibility index (Phi) is 5.61. The van der Waals surface area contributed by atoms with Crippen molar-refractivity contribution in [1.82, 2.24) is 0 Å². The molecule has 0 aliphatic heterocycles. The van der Waals surface area contributed by atoms with Crippen LogP contribution in [0.5, 0.6) is 0 Å². The number of aliphatic hydroxyl groups is 3. The Balaban J connectivity index is 1.67. The van der Waals surface area contributed by atoms with E-state index in [1.165, 1.54) is 0 Å². The van der Waals surface area contributed by atoms with Gasteiger partial charge >= 0.3 is 5.97 Å². The first-order valence-electron chi connectivity index (χ1n) is 14.0. The Morgan fingerprint density at radius 2 is 1.69 bits per heavy atom. The van der Waals surface area contributed by atoms with Crippen LogP contribution >= 0.6 is 0 Å². The maximum Gasteiger partial charge on any atom is 0.310 e. The Morgan fingerprint density at radius 3 is 2.31 bits per heavy atom. The summed E-state index contributed by atoms with van der Waals surface area (Å²) in [4.78, 5) is 25.2. The second kappa shape index (κ2) is 7.66. The second-order valence-electron chi connectivity index (χ2n) is 14.6. The van der Waals surface area contributed by atoms with Crippen molar-refractivity contribution in [1.29, 1.82) is 0 Å². The molecule has 0 aromatic heterocycles. The minimum Gasteiger partial charge on any atom is -0.481 e. The van der Waals surface area contributed by atoms with E-state index < -0.39 is 40.5 Å². The van der Waals surface area contributed by atoms with Crippen LogP contribution in [-0.2, 0) is 9.59 Å². The third kappa shape index (κ3) is 2.85. The molecule has 6 heteroatoms. The molecule has 4 saturated carbocycles. The van der Waals surface area contributed by atoms with E-state index in [4.69, 9.17) is 0 Å². The van der Waals surface area contributed by atoms with Crippen LogP contribution in [0, 0.1) is 50.7 Å². The average molecular weight is 503 g/mol. The fraction of sp³-hybridized carbons (Fsp3) is 0.867. The Labute approximate surface area is 215 Å². The lowest BCUT2D eigenvalue weighted by molar-refractivity contribution is -0.243. The molecule has 0 bridgehead atoms. The van der Waals surface area contributed by atoms with Crippen molar-refractivity contribution in [3.05, 3.63) is 11.6 Å². The van der Waals surface area contributed by atoms with E-state index in [-0.39, 0.29) is 34.0 Å². The first kappa shape index (κ1) is 26.4. The largest absolute Gasteiger partial charge is 0.481 e. The Hall–Kier alpha value is -1.24. The monoisotopic (exact) mass is 502 g/mol. The van der Waals surface area contributed by atoms with Gasteiger partial charge in [-0.3, -0.25) is 4.79 Å². The maximum absolute atomic E-state index is 12.8. The summed E-state index contributed by atoms with van der Waals surface area (Å²) < 4.78 is 0. The first-order chi connectivity index (χ1) is 16.6. The highest BCUT2D eigenvalue weighted by atomic mass is 16.4. The van der Waals surface area contributed by atoms with Gasteiger partial charge in [0.1, 0.15) is 6.29 Å². The summed E-state index contributed by atoms with van der Waals surface area (Å²) in [6.07, 6.45) is 6.66. The summed E-state index contributed by atoms with van der Waals surface area (Å²) in [6.45, 7) is 12.4. The molecule has 0 aromatic rings. The Bertz CT molecular complexity index is 1000. The second-order valence-corrected chi connectivity index (χ2v) is 14.6. The van der Waals surface area contributed by atoms with Crippen LogP contribution in [-0.4, -0.2) is 50.5 Å². The summed E-state index contributed by atoms with van der Waals surface area (Å²) in [7, 11) is 0. The van der Waals surface area contributed by atoms with Gasteiger partial charge in [-0.25, -0.2) is 0 Å². The average Bonchev–Trinajstić information content (AvgIpc) is 2.79. The topological polar surface area (TPSA) is 115 Å². The molecule has 4 fully saturated rings. The van der Waals surface area contributed by atoms with Gasteiger partial charge < -0.3 is 25.2 Å². The summed E-state index contributed by atoms with van der Waals surface area (Å²) in [5.41, 5.74) is -3.04. The van der Waals surface area contributed by atoms with E-state index in [0.717, 1.165) is 24.7 Å². The van der Waals surface area contributed by atoms with Crippen LogP contribution in [0.1, 0.15) is 92.9 Å². The number of hydrogen-bond acceptors (Lipinski definition) is 5. The molecular formula is C30H46O6. The van der Waals surface area contributed by atoms with Crippen LogP contribution < -0.4 is 0 Å². The van der Waals surface area contributed by atoms with Crippen molar-refractivity contribution >= 4 is 12.3 Å². The molecule has 5 aliphatic rings. The van der Waals surface area contributed by atoms with E-state index in [1.54, 1.807) is 0 Å². The molecule has 4 N–H and O–H groups in total. The fourth-order valence-electron chi connectivity index (χ4n) is 10.9. The maximum atomic E-state index is 12.8. The molecule has 0 aromatic carbocycles. The van der Waals surface area contributed by atoms with E-state index >= 15 is 0 Å². The molecule has 0 spiro atoms. The highest BCUT2D eigenvalue weighted by Gasteiger charge is 2.73. The molecule has 6 nitrogen and oxygen atoms in total. The number of aliphatic carboxylic acids is 1. The molecule has 36 heavy (non-hydrogen) atoms. The number of fused-ring (bicyclic) bond motifs is 7. The normalized spacial score (nSPS) is 58.4. The molecule has 0 radical (unpaired) electrons. The van der Waals surface area contributed by atoms with E-state index in [1.807, 2.05) is 20.8 Å². The number of carbonyl (C=O) groups is 2. The standard InChI is InChI=1S/C30H46O6/c1-17-9-12-30(24(34)35)14-13-27(4)18(22(30)29(17,6)36)7-8-20-25(2)11-10-21(33)26(3,16-31)23(25)19(32)15-28(20,27)5/h7,16-17,19-23,32-33,36H,8-15H2,1-6H3,(H,34,35)/t17-,19+,20-,21+,22-,23+,25-,26+,27-,28-,29-,30+/m1/s1. The van der Waals surface area contributed by atoms with Gasteiger partial charge in [0.25, 0.3) is 0 Å². The zero-order chi connectivity index (χ0) is 26.7. The predicted octanol–water partition coefficient (Wildman–Crippen LogP) is 4.35. The van der Waals surface area contributed by atoms with Gasteiger partial charge in [-0.1, -0.05) is 46.3 Å². The minimum absolute atomic E-state index is 0.00395. The highest BCUT2D eigenvalue weighted by molar-refractivity contribution is 5.77. The van der Waals surface area contributed by atoms with Crippen molar-refractivity contribution in [2.24, 2.45) is 50.7 Å². The molecule has 0 amide bonds. The zero-order valence-electron chi connectivity index (χ0n) is 22.9. The number of aliphatic hydroxyl groups excluding tert-OH is 2. The molecule has 5 aliphatic carbocycles. The van der Waals surface area contributed by atoms with Gasteiger partial charge in [0.05, 0.1) is 28.6 Å². The number of rotatable bonds is 2. The SMILES string of the molecule is C[C@@H]1CC[C@]2(C(=O)O)CC[C@]3(C)C(=CC[C@@H]4[C@@]5(C)CC[C@H](O)[C@](C)(C=O)[C@H]5[C@@H](O)C[C@]43C)[C@@H]2[C@]1(C)O. The third-order valence-electron chi connectivity index (χ3n) is 13.3. The number of aldehydes is 1. The molecular weight excluding hydrogens is 456 g/mol. The van der Waals surface area contributed by atoms with Gasteiger partial charge in [-0.05, 0) is 86.4 Å². The molecule has 5 rings (SSSR count). The highest BCUT2D eigenvalue weighted by Crippen LogP contribution is 2.75. The summed E-state index contributed by atoms with van der Waals surface area (Å²) in [6, 6.07) is 0. The van der Waals surface area contributed by atoms with E-state index in [0.29, 0.717) is 38.5 Å². The predicted molar refractivity (Wildman–Crippen MR) is 136 cm³/mol. The summed E-state index contributed by atoms with van der Waals surface area (Å²) in [5.74, 6) is -1.41. The number of carbonyl (C=O) groups excluding carboxylic acids is 1. The van der Waals surface area contributed by atoms with Crippen molar-refractivity contribution < 1.29 is 30.0 Å². The van der Waals surface area contributed by atoms with Crippen molar-refractivity contribution in [2.75, 3.05) is 0 Å². The van der Waals surface area contributed by atoms with Crippen LogP contribution in [0.2, 0.25) is 0 Å².